The number of carbonyl (C=O) groups excluding carboxylic acids is 1. The molecule has 4 nitrogen and oxygen atoms in total. The highest BCUT2D eigenvalue weighted by molar-refractivity contribution is 9.10. The topological polar surface area (TPSA) is 60.9 Å². The van der Waals surface area contributed by atoms with E-state index in [0.29, 0.717) is 0 Å². The van der Waals surface area contributed by atoms with Gasteiger partial charge in [-0.3, -0.25) is 9.48 Å². The molecule has 18 heavy (non-hydrogen) atoms. The van der Waals surface area contributed by atoms with Crippen LogP contribution in [-0.4, -0.2) is 15.6 Å². The van der Waals surface area contributed by atoms with Gasteiger partial charge in [-0.1, -0.05) is 0 Å². The summed E-state index contributed by atoms with van der Waals surface area (Å²) in [5.74, 6) is -2.68. The lowest BCUT2D eigenvalue weighted by Gasteiger charge is -2.05. The number of nitrogen functional groups attached to an aromatic ring is 1. The number of anilines is 1. The molecule has 0 saturated heterocycles. The Morgan fingerprint density at radius 3 is 2.67 bits per heavy atom. The highest BCUT2D eigenvalue weighted by Gasteiger charge is 2.24. The third-order valence-electron chi connectivity index (χ3n) is 2.50. The number of nitrogens with two attached hydrogens (primary N) is 1. The van der Waals surface area contributed by atoms with Crippen LogP contribution in [0.15, 0.2) is 22.8 Å². The SMILES string of the molecule is Cn1ncc(C(=O)c2c(F)ccc(Br)c2F)c1N. The maximum Gasteiger partial charge on any atom is 0.204 e. The van der Waals surface area contributed by atoms with Crippen molar-refractivity contribution in [2.24, 2.45) is 7.05 Å². The first-order valence-corrected chi connectivity index (χ1v) is 5.68. The predicted molar refractivity (Wildman–Crippen MR) is 65.1 cm³/mol. The number of hydrogen-bond donors (Lipinski definition) is 1. The fourth-order valence-corrected chi connectivity index (χ4v) is 1.82. The Labute approximate surface area is 110 Å². The Bertz CT molecular complexity index is 639. The number of benzene rings is 1. The van der Waals surface area contributed by atoms with Crippen molar-refractivity contribution in [2.45, 2.75) is 0 Å². The Hall–Kier alpha value is -1.76. The summed E-state index contributed by atoms with van der Waals surface area (Å²) in [4.78, 5) is 12.0. The van der Waals surface area contributed by atoms with Crippen molar-refractivity contribution in [3.05, 3.63) is 45.6 Å². The van der Waals surface area contributed by atoms with Gasteiger partial charge in [0.05, 0.1) is 21.8 Å². The summed E-state index contributed by atoms with van der Waals surface area (Å²) >= 11 is 2.90. The molecule has 1 aromatic heterocycles. The van der Waals surface area contributed by atoms with Crippen LogP contribution in [0.4, 0.5) is 14.6 Å². The van der Waals surface area contributed by atoms with Gasteiger partial charge in [0, 0.05) is 7.05 Å². The molecule has 2 rings (SSSR count). The molecule has 0 unspecified atom stereocenters. The van der Waals surface area contributed by atoms with Crippen LogP contribution in [0.5, 0.6) is 0 Å². The Kier molecular flexibility index (Phi) is 3.16. The summed E-state index contributed by atoms with van der Waals surface area (Å²) in [6.07, 6.45) is 1.18. The van der Waals surface area contributed by atoms with Gasteiger partial charge in [0.15, 0.2) is 5.82 Å². The van der Waals surface area contributed by atoms with Crippen molar-refractivity contribution in [3.8, 4) is 0 Å². The molecule has 0 aliphatic heterocycles. The van der Waals surface area contributed by atoms with Crippen molar-refractivity contribution in [3.63, 3.8) is 0 Å². The first-order valence-electron chi connectivity index (χ1n) is 4.89. The maximum atomic E-state index is 13.8. The Morgan fingerprint density at radius 2 is 2.11 bits per heavy atom. The number of carbonyl (C=O) groups is 1. The van der Waals surface area contributed by atoms with Gasteiger partial charge in [-0.15, -0.1) is 0 Å². The van der Waals surface area contributed by atoms with E-state index in [-0.39, 0.29) is 15.9 Å². The second-order valence-electron chi connectivity index (χ2n) is 3.61. The molecule has 0 saturated carbocycles. The predicted octanol–water partition coefficient (Wildman–Crippen LogP) is 2.27. The molecule has 0 radical (unpaired) electrons. The van der Waals surface area contributed by atoms with E-state index in [9.17, 15) is 13.6 Å². The van der Waals surface area contributed by atoms with E-state index in [1.807, 2.05) is 0 Å². The summed E-state index contributed by atoms with van der Waals surface area (Å²) in [6.45, 7) is 0. The highest BCUT2D eigenvalue weighted by atomic mass is 79.9. The average Bonchev–Trinajstić information content (AvgIpc) is 2.65. The van der Waals surface area contributed by atoms with Crippen molar-refractivity contribution < 1.29 is 13.6 Å². The molecule has 0 atom stereocenters. The number of halogens is 3. The van der Waals surface area contributed by atoms with E-state index < -0.39 is 23.0 Å². The minimum absolute atomic E-state index is 0.00899. The van der Waals surface area contributed by atoms with Gasteiger partial charge in [0.2, 0.25) is 5.78 Å². The zero-order valence-electron chi connectivity index (χ0n) is 9.25. The number of aryl methyl sites for hydroxylation is 1. The van der Waals surface area contributed by atoms with E-state index in [1.54, 1.807) is 0 Å². The quantitative estimate of drug-likeness (QED) is 0.683. The second kappa shape index (κ2) is 4.49. The third-order valence-corrected chi connectivity index (χ3v) is 3.11. The van der Waals surface area contributed by atoms with Crippen LogP contribution in [-0.2, 0) is 7.05 Å². The lowest BCUT2D eigenvalue weighted by molar-refractivity contribution is 0.103. The van der Waals surface area contributed by atoms with Gasteiger partial charge < -0.3 is 5.73 Å². The van der Waals surface area contributed by atoms with Crippen LogP contribution < -0.4 is 5.73 Å². The van der Waals surface area contributed by atoms with Crippen molar-refractivity contribution >= 4 is 27.5 Å². The number of nitrogens with zero attached hydrogens (tertiary/aromatic N) is 2. The molecule has 2 N–H and O–H groups in total. The van der Waals surface area contributed by atoms with E-state index in [4.69, 9.17) is 5.73 Å². The van der Waals surface area contributed by atoms with Crippen molar-refractivity contribution in [1.29, 1.82) is 0 Å². The molecule has 0 bridgehead atoms. The summed E-state index contributed by atoms with van der Waals surface area (Å²) in [6, 6.07) is 2.20. The van der Waals surface area contributed by atoms with Gasteiger partial charge in [-0.05, 0) is 28.1 Å². The van der Waals surface area contributed by atoms with E-state index >= 15 is 0 Å². The van der Waals surface area contributed by atoms with Crippen LogP contribution in [0.1, 0.15) is 15.9 Å². The molecule has 2 aromatic rings. The molecular weight excluding hydrogens is 308 g/mol. The fraction of sp³-hybridized carbons (Fsp3) is 0.0909. The van der Waals surface area contributed by atoms with Gasteiger partial charge in [0.1, 0.15) is 11.6 Å². The van der Waals surface area contributed by atoms with Crippen LogP contribution in [0.3, 0.4) is 0 Å². The summed E-state index contributed by atoms with van der Waals surface area (Å²) in [7, 11) is 1.53. The molecule has 94 valence electrons. The summed E-state index contributed by atoms with van der Waals surface area (Å²) in [5, 5.41) is 3.76. The lowest BCUT2D eigenvalue weighted by Crippen LogP contribution is -2.10. The molecule has 1 aromatic carbocycles. The number of ketones is 1. The van der Waals surface area contributed by atoms with E-state index in [2.05, 4.69) is 21.0 Å². The zero-order valence-corrected chi connectivity index (χ0v) is 10.8. The molecule has 1 heterocycles. The molecule has 0 aliphatic carbocycles. The minimum Gasteiger partial charge on any atom is -0.383 e. The zero-order chi connectivity index (χ0) is 13.4. The summed E-state index contributed by atoms with van der Waals surface area (Å²) < 4.78 is 28.6. The van der Waals surface area contributed by atoms with Gasteiger partial charge >= 0.3 is 0 Å². The number of rotatable bonds is 2. The van der Waals surface area contributed by atoms with Crippen LogP contribution >= 0.6 is 15.9 Å². The number of aromatic nitrogens is 2. The maximum absolute atomic E-state index is 13.8. The van der Waals surface area contributed by atoms with Crippen molar-refractivity contribution in [2.75, 3.05) is 5.73 Å². The molecule has 0 aliphatic rings. The van der Waals surface area contributed by atoms with Gasteiger partial charge in [-0.2, -0.15) is 5.10 Å². The second-order valence-corrected chi connectivity index (χ2v) is 4.47. The number of hydrogen-bond acceptors (Lipinski definition) is 3. The molecule has 7 heteroatoms. The highest BCUT2D eigenvalue weighted by Crippen LogP contribution is 2.25. The Morgan fingerprint density at radius 1 is 1.44 bits per heavy atom. The van der Waals surface area contributed by atoms with E-state index in [1.165, 1.54) is 24.0 Å². The van der Waals surface area contributed by atoms with Crippen LogP contribution in [0.25, 0.3) is 0 Å². The molecular formula is C11H8BrF2N3O. The Balaban J connectivity index is 2.60. The monoisotopic (exact) mass is 315 g/mol. The van der Waals surface area contributed by atoms with Crippen LogP contribution in [0, 0.1) is 11.6 Å². The molecule has 0 fully saturated rings. The first kappa shape index (κ1) is 12.7. The average molecular weight is 316 g/mol. The standard InChI is InChI=1S/C11H8BrF2N3O/c1-17-11(15)5(4-16-17)10(18)8-7(13)3-2-6(12)9(8)14/h2-4H,15H2,1H3. The molecule has 0 spiro atoms. The molecule has 0 amide bonds. The smallest absolute Gasteiger partial charge is 0.204 e. The largest absolute Gasteiger partial charge is 0.383 e. The van der Waals surface area contributed by atoms with E-state index in [0.717, 1.165) is 6.07 Å². The lowest BCUT2D eigenvalue weighted by atomic mass is 10.0. The van der Waals surface area contributed by atoms with Crippen molar-refractivity contribution in [1.82, 2.24) is 9.78 Å². The van der Waals surface area contributed by atoms with Gasteiger partial charge in [-0.25, -0.2) is 8.78 Å². The van der Waals surface area contributed by atoms with Crippen LogP contribution in [0.2, 0.25) is 0 Å². The first-order chi connectivity index (χ1) is 8.43. The third kappa shape index (κ3) is 1.90. The normalized spacial score (nSPS) is 10.7. The minimum atomic E-state index is -0.955. The summed E-state index contributed by atoms with van der Waals surface area (Å²) in [5.41, 5.74) is 4.92. The van der Waals surface area contributed by atoms with Gasteiger partial charge in [0.25, 0.3) is 0 Å². The fourth-order valence-electron chi connectivity index (χ4n) is 1.49.